The largest absolute Gasteiger partial charge is 0.496 e. The maximum atomic E-state index is 14.1. The zero-order valence-electron chi connectivity index (χ0n) is 24.8. The average Bonchev–Trinajstić information content (AvgIpc) is 3.65. The normalized spacial score (nSPS) is 26.7. The number of ether oxygens (including phenoxy) is 1. The number of nitrogens with one attached hydrogen (secondary N) is 4. The van der Waals surface area contributed by atoms with Crippen molar-refractivity contribution in [3.05, 3.63) is 42.6 Å². The van der Waals surface area contributed by atoms with Crippen LogP contribution in [-0.4, -0.2) is 77.6 Å². The Bertz CT molecular complexity index is 1510. The van der Waals surface area contributed by atoms with Crippen LogP contribution in [0.5, 0.6) is 5.75 Å². The van der Waals surface area contributed by atoms with Gasteiger partial charge in [-0.1, -0.05) is 26.5 Å². The number of hydrogen-bond donors (Lipinski definition) is 4. The van der Waals surface area contributed by atoms with Crippen molar-refractivity contribution in [2.24, 2.45) is 29.1 Å². The molecule has 1 aromatic carbocycles. The topological polar surface area (TPSA) is 150 Å². The first-order valence-electron chi connectivity index (χ1n) is 15.1. The third-order valence-corrected chi connectivity index (χ3v) is 10.0. The molecule has 2 aromatic rings. The highest BCUT2D eigenvalue weighted by molar-refractivity contribution is 6.03. The van der Waals surface area contributed by atoms with Gasteiger partial charge < -0.3 is 30.6 Å². The van der Waals surface area contributed by atoms with E-state index in [2.05, 4.69) is 41.4 Å². The van der Waals surface area contributed by atoms with Gasteiger partial charge in [-0.2, -0.15) is 0 Å². The number of rotatable bonds is 11. The first-order valence-corrected chi connectivity index (χ1v) is 15.1. The second-order valence-electron chi connectivity index (χ2n) is 13.0. The van der Waals surface area contributed by atoms with Gasteiger partial charge in [0.1, 0.15) is 23.5 Å². The number of fused-ring (bicyclic) bond motifs is 2. The Morgan fingerprint density at radius 3 is 2.60 bits per heavy atom. The predicted molar refractivity (Wildman–Crippen MR) is 158 cm³/mol. The molecule has 2 aliphatic carbocycles. The summed E-state index contributed by atoms with van der Waals surface area (Å²) in [6.07, 6.45) is 3.54. The van der Waals surface area contributed by atoms with Crippen molar-refractivity contribution in [3.8, 4) is 5.75 Å². The maximum absolute atomic E-state index is 14.1. The van der Waals surface area contributed by atoms with E-state index in [1.165, 1.54) is 0 Å². The van der Waals surface area contributed by atoms with E-state index in [4.69, 9.17) is 4.74 Å². The molecule has 0 bridgehead atoms. The molecule has 2 saturated heterocycles. The van der Waals surface area contributed by atoms with Crippen LogP contribution >= 0.6 is 0 Å². The van der Waals surface area contributed by atoms with Gasteiger partial charge in [-0.15, -0.1) is 0 Å². The number of amides is 4. The lowest BCUT2D eigenvalue weighted by Crippen LogP contribution is -2.58. The lowest BCUT2D eigenvalue weighted by Gasteiger charge is -2.34. The van der Waals surface area contributed by atoms with Gasteiger partial charge in [0.15, 0.2) is 5.78 Å². The van der Waals surface area contributed by atoms with Crippen LogP contribution in [0.3, 0.4) is 0 Å². The van der Waals surface area contributed by atoms with E-state index in [9.17, 15) is 24.0 Å². The number of likely N-dealkylation sites (tertiary alicyclic amines) is 1. The van der Waals surface area contributed by atoms with Crippen LogP contribution in [0.15, 0.2) is 36.9 Å². The van der Waals surface area contributed by atoms with Gasteiger partial charge in [0.25, 0.3) is 5.91 Å². The molecule has 4 aliphatic rings. The Morgan fingerprint density at radius 1 is 1.19 bits per heavy atom. The molecular formula is C32H39N5O6. The number of benzene rings is 1. The first kappa shape index (κ1) is 28.9. The molecule has 3 heterocycles. The minimum Gasteiger partial charge on any atom is -0.496 e. The molecule has 43 heavy (non-hydrogen) atoms. The second kappa shape index (κ2) is 10.8. The lowest BCUT2D eigenvalue weighted by molar-refractivity contribution is -0.142. The smallest absolute Gasteiger partial charge is 0.268 e. The van der Waals surface area contributed by atoms with Crippen LogP contribution in [0, 0.1) is 29.1 Å². The predicted octanol–water partition coefficient (Wildman–Crippen LogP) is 1.93. The van der Waals surface area contributed by atoms with Crippen molar-refractivity contribution in [2.45, 2.75) is 57.7 Å². The highest BCUT2D eigenvalue weighted by atomic mass is 16.5. The minimum absolute atomic E-state index is 0.0139. The van der Waals surface area contributed by atoms with E-state index in [1.807, 2.05) is 18.2 Å². The molecule has 11 nitrogen and oxygen atoms in total. The van der Waals surface area contributed by atoms with E-state index >= 15 is 0 Å². The Balaban J connectivity index is 1.21. The van der Waals surface area contributed by atoms with Gasteiger partial charge in [0, 0.05) is 29.9 Å². The Kier molecular flexibility index (Phi) is 7.30. The Morgan fingerprint density at radius 2 is 1.95 bits per heavy atom. The molecule has 228 valence electrons. The fraction of sp³-hybridized carbons (Fsp3) is 0.531. The van der Waals surface area contributed by atoms with Crippen LogP contribution in [0.25, 0.3) is 10.9 Å². The molecule has 1 aromatic heterocycles. The number of H-pyrrole nitrogens is 1. The fourth-order valence-electron chi connectivity index (χ4n) is 7.25. The molecular weight excluding hydrogens is 550 g/mol. The van der Waals surface area contributed by atoms with Crippen molar-refractivity contribution in [2.75, 3.05) is 20.2 Å². The molecule has 6 atom stereocenters. The summed E-state index contributed by atoms with van der Waals surface area (Å²) in [6, 6.07) is 4.75. The van der Waals surface area contributed by atoms with Crippen molar-refractivity contribution in [1.29, 1.82) is 0 Å². The quantitative estimate of drug-likeness (QED) is 0.294. The molecule has 4 N–H and O–H groups in total. The van der Waals surface area contributed by atoms with Gasteiger partial charge in [0.05, 0.1) is 13.2 Å². The summed E-state index contributed by atoms with van der Waals surface area (Å²) in [5, 5.41) is 9.37. The van der Waals surface area contributed by atoms with Gasteiger partial charge in [-0.25, -0.2) is 0 Å². The Hall–Kier alpha value is -4.15. The van der Waals surface area contributed by atoms with E-state index in [1.54, 1.807) is 18.1 Å². The monoisotopic (exact) mass is 589 g/mol. The van der Waals surface area contributed by atoms with Gasteiger partial charge in [-0.05, 0) is 73.1 Å². The highest BCUT2D eigenvalue weighted by Crippen LogP contribution is 2.65. The molecule has 4 fully saturated rings. The van der Waals surface area contributed by atoms with Crippen LogP contribution in [-0.2, 0) is 19.2 Å². The summed E-state index contributed by atoms with van der Waals surface area (Å²) in [5.41, 5.74) is 0.930. The zero-order valence-corrected chi connectivity index (χ0v) is 24.8. The molecule has 11 heteroatoms. The minimum atomic E-state index is -0.908. The highest BCUT2D eigenvalue weighted by Gasteiger charge is 2.70. The maximum Gasteiger partial charge on any atom is 0.268 e. The average molecular weight is 590 g/mol. The van der Waals surface area contributed by atoms with E-state index in [0.717, 1.165) is 29.8 Å². The first-order chi connectivity index (χ1) is 20.5. The van der Waals surface area contributed by atoms with Gasteiger partial charge >= 0.3 is 0 Å². The molecule has 2 saturated carbocycles. The van der Waals surface area contributed by atoms with Crippen LogP contribution in [0.1, 0.15) is 50.0 Å². The summed E-state index contributed by atoms with van der Waals surface area (Å²) in [5.74, 6) is -1.27. The van der Waals surface area contributed by atoms with Crippen molar-refractivity contribution in [1.82, 2.24) is 25.8 Å². The third-order valence-electron chi connectivity index (χ3n) is 10.0. The zero-order chi connectivity index (χ0) is 30.6. The second-order valence-corrected chi connectivity index (χ2v) is 13.0. The summed E-state index contributed by atoms with van der Waals surface area (Å²) < 4.78 is 5.42. The number of ketones is 1. The van der Waals surface area contributed by atoms with Gasteiger partial charge in [0.2, 0.25) is 17.7 Å². The molecule has 1 unspecified atom stereocenters. The van der Waals surface area contributed by atoms with Crippen LogP contribution in [0.2, 0.25) is 0 Å². The summed E-state index contributed by atoms with van der Waals surface area (Å²) >= 11 is 0. The van der Waals surface area contributed by atoms with E-state index in [0.29, 0.717) is 31.0 Å². The van der Waals surface area contributed by atoms with Crippen LogP contribution < -0.4 is 20.7 Å². The van der Waals surface area contributed by atoms with Gasteiger partial charge in [-0.3, -0.25) is 24.0 Å². The van der Waals surface area contributed by atoms with Crippen molar-refractivity contribution < 1.29 is 28.7 Å². The summed E-state index contributed by atoms with van der Waals surface area (Å²) in [7, 11) is 1.57. The van der Waals surface area contributed by atoms with Crippen molar-refractivity contribution >= 4 is 40.3 Å². The summed E-state index contributed by atoms with van der Waals surface area (Å²) in [4.78, 5) is 71.1. The fourth-order valence-corrected chi connectivity index (χ4v) is 7.25. The molecule has 2 aliphatic heterocycles. The third kappa shape index (κ3) is 5.19. The molecule has 0 radical (unpaired) electrons. The van der Waals surface area contributed by atoms with E-state index in [-0.39, 0.29) is 53.1 Å². The summed E-state index contributed by atoms with van der Waals surface area (Å²) in [6.45, 7) is 8.70. The number of piperidine rings is 1. The number of hydrogen-bond acceptors (Lipinski definition) is 6. The Labute approximate surface area is 250 Å². The number of nitrogens with zero attached hydrogens (tertiary/aromatic N) is 1. The molecule has 4 amide bonds. The number of methoxy groups -OCH3 is 1. The van der Waals surface area contributed by atoms with Crippen LogP contribution in [0.4, 0.5) is 0 Å². The van der Waals surface area contributed by atoms with Crippen molar-refractivity contribution in [3.63, 3.8) is 0 Å². The lowest BCUT2D eigenvalue weighted by atomic mass is 9.94. The number of carbonyl (C=O) groups is 5. The SMILES string of the molecule is C=CC(=O)[C@H](C[C@@H]1CCNC1=O)NC(=O)[C@@H]1[C@@H]2[C@H](CN1C(=O)C(NC(=O)c1cc3c(OC)cccc3[nH]1)C1CC1)C2(C)C. The van der Waals surface area contributed by atoms with E-state index < -0.39 is 29.9 Å². The number of aromatic amines is 1. The standard InChI is InChI=1S/C32H39N5O6/c1-5-23(38)21(13-17-11-12-33-28(17)39)35-30(41)27-25-19(32(25,2)3)15-37(27)31(42)26(16-9-10-16)36-29(40)22-14-18-20(34-22)7-6-8-24(18)43-4/h5-8,14,16-17,19,21,25-27,34H,1,9-13,15H2,2-4H3,(H,33,39)(H,35,41)(H,36,40)/t17-,19-,21-,25-,26?,27-/m0/s1. The number of aromatic nitrogens is 1. The molecule has 6 rings (SSSR count). The molecule has 0 spiro atoms. The number of carbonyl (C=O) groups excluding carboxylic acids is 5.